The summed E-state index contributed by atoms with van der Waals surface area (Å²) >= 11 is 0. The average Bonchev–Trinajstić information content (AvgIpc) is 3.77. The molecule has 0 N–H and O–H groups in total. The molecule has 0 fully saturated rings. The molecule has 3 heterocycles. The lowest BCUT2D eigenvalue weighted by Gasteiger charge is -2.20. The number of benzene rings is 6. The first-order valence-corrected chi connectivity index (χ1v) is 17.9. The van der Waals surface area contributed by atoms with Gasteiger partial charge in [-0.2, -0.15) is 0 Å². The van der Waals surface area contributed by atoms with Gasteiger partial charge < -0.3 is 8.83 Å². The average molecular weight is 670 g/mol. The lowest BCUT2D eigenvalue weighted by Crippen LogP contribution is -2.13. The van der Waals surface area contributed by atoms with E-state index in [9.17, 15) is 0 Å². The van der Waals surface area contributed by atoms with Crippen LogP contribution in [0.3, 0.4) is 0 Å². The smallest absolute Gasteiger partial charge is 0.164 e. The molecule has 5 heteroatoms. The van der Waals surface area contributed by atoms with E-state index in [1.165, 1.54) is 16.5 Å². The zero-order chi connectivity index (χ0) is 34.2. The number of para-hydroxylation sites is 2. The molecular weight excluding hydrogens is 639 g/mol. The summed E-state index contributed by atoms with van der Waals surface area (Å²) in [5.74, 6) is 2.11. The van der Waals surface area contributed by atoms with Crippen molar-refractivity contribution in [3.05, 3.63) is 162 Å². The molecule has 0 aliphatic heterocycles. The highest BCUT2D eigenvalue weighted by molar-refractivity contribution is 6.16. The summed E-state index contributed by atoms with van der Waals surface area (Å²) in [5, 5.41) is 6.54. The van der Waals surface area contributed by atoms with Crippen LogP contribution in [0.4, 0.5) is 0 Å². The van der Waals surface area contributed by atoms with Crippen molar-refractivity contribution in [2.45, 2.75) is 25.2 Å². The fourth-order valence-electron chi connectivity index (χ4n) is 8.07. The Hall–Kier alpha value is -6.59. The summed E-state index contributed by atoms with van der Waals surface area (Å²) in [6.45, 7) is 0. The van der Waals surface area contributed by atoms with Gasteiger partial charge in [0.15, 0.2) is 11.6 Å². The van der Waals surface area contributed by atoms with Crippen molar-refractivity contribution in [1.82, 2.24) is 15.0 Å². The van der Waals surface area contributed by atoms with Crippen LogP contribution in [0, 0.1) is 0 Å². The minimum Gasteiger partial charge on any atom is -0.456 e. The third-order valence-electron chi connectivity index (χ3n) is 10.6. The van der Waals surface area contributed by atoms with Gasteiger partial charge in [-0.15, -0.1) is 0 Å². The summed E-state index contributed by atoms with van der Waals surface area (Å²) < 4.78 is 13.3. The first kappa shape index (κ1) is 29.2. The standard InChI is InChI=1S/C47H31N3O2/c1-2-12-29(13-3-1)45-48-46(33-22-21-28-11-4-5-14-30(28)23-33)50-47(49-45)39-25-34(27-42-43(39)37-17-8-9-20-40(37)51-42)35-18-10-19-36-38-24-31-15-6-7-16-32(31)26-41(38)52-44(35)36/h2,4-22,24-27,33H,1,3,23H2. The topological polar surface area (TPSA) is 65.0 Å². The Balaban J connectivity index is 1.16. The maximum absolute atomic E-state index is 6.69. The van der Waals surface area contributed by atoms with Gasteiger partial charge in [-0.25, -0.2) is 15.0 Å². The van der Waals surface area contributed by atoms with Crippen molar-refractivity contribution in [3.63, 3.8) is 0 Å². The molecule has 246 valence electrons. The summed E-state index contributed by atoms with van der Waals surface area (Å²) in [4.78, 5) is 15.7. The summed E-state index contributed by atoms with van der Waals surface area (Å²) in [5.41, 5.74) is 9.75. The zero-order valence-corrected chi connectivity index (χ0v) is 28.2. The maximum Gasteiger partial charge on any atom is 0.164 e. The second-order valence-corrected chi connectivity index (χ2v) is 13.8. The van der Waals surface area contributed by atoms with Gasteiger partial charge in [0.05, 0.1) is 0 Å². The van der Waals surface area contributed by atoms with Gasteiger partial charge >= 0.3 is 0 Å². The van der Waals surface area contributed by atoms with Gasteiger partial charge in [0.2, 0.25) is 0 Å². The van der Waals surface area contributed by atoms with E-state index in [2.05, 4.69) is 134 Å². The molecule has 0 amide bonds. The molecule has 0 bridgehead atoms. The van der Waals surface area contributed by atoms with Gasteiger partial charge in [0.1, 0.15) is 28.2 Å². The number of aromatic nitrogens is 3. The van der Waals surface area contributed by atoms with Gasteiger partial charge in [0.25, 0.3) is 0 Å². The van der Waals surface area contributed by atoms with E-state index in [1.54, 1.807) is 0 Å². The molecule has 1 atom stereocenters. The molecule has 9 aromatic rings. The molecule has 6 aromatic carbocycles. The van der Waals surface area contributed by atoms with E-state index in [4.69, 9.17) is 23.8 Å². The summed E-state index contributed by atoms with van der Waals surface area (Å²) in [6, 6.07) is 40.3. The van der Waals surface area contributed by atoms with Crippen molar-refractivity contribution < 1.29 is 8.83 Å². The van der Waals surface area contributed by atoms with E-state index in [0.717, 1.165) is 96.6 Å². The maximum atomic E-state index is 6.69. The number of rotatable bonds is 4. The predicted octanol–water partition coefficient (Wildman–Crippen LogP) is 12.2. The summed E-state index contributed by atoms with van der Waals surface area (Å²) in [7, 11) is 0. The lowest BCUT2D eigenvalue weighted by molar-refractivity contribution is 0.668. The van der Waals surface area contributed by atoms with E-state index in [-0.39, 0.29) is 5.92 Å². The van der Waals surface area contributed by atoms with Crippen LogP contribution in [-0.2, 0) is 6.42 Å². The Morgan fingerprint density at radius 2 is 1.40 bits per heavy atom. The molecule has 2 aliphatic carbocycles. The van der Waals surface area contributed by atoms with Crippen LogP contribution >= 0.6 is 0 Å². The zero-order valence-electron chi connectivity index (χ0n) is 28.2. The highest BCUT2D eigenvalue weighted by Crippen LogP contribution is 2.43. The molecule has 0 saturated heterocycles. The second kappa shape index (κ2) is 11.5. The Labute approximate surface area is 299 Å². The van der Waals surface area contributed by atoms with Crippen molar-refractivity contribution >= 4 is 66.3 Å². The minimum absolute atomic E-state index is 0.0168. The van der Waals surface area contributed by atoms with Crippen LogP contribution < -0.4 is 0 Å². The van der Waals surface area contributed by atoms with Crippen molar-refractivity contribution in [2.24, 2.45) is 0 Å². The third-order valence-corrected chi connectivity index (χ3v) is 10.6. The van der Waals surface area contributed by atoms with Crippen LogP contribution in [-0.4, -0.2) is 15.0 Å². The number of fused-ring (bicyclic) bond motifs is 8. The number of nitrogens with zero attached hydrogens (tertiary/aromatic N) is 3. The van der Waals surface area contributed by atoms with Gasteiger partial charge in [0, 0.05) is 44.2 Å². The SMILES string of the molecule is C1=CC(c2nc(-c3cc(-c4cccc5c4oc4cc6ccccc6cc45)cc4oc5ccccc5c34)nc(C3C=Cc4ccccc4C3)n2)=CCC1. The molecule has 5 nitrogen and oxygen atoms in total. The van der Waals surface area contributed by atoms with Crippen molar-refractivity contribution in [3.8, 4) is 22.5 Å². The van der Waals surface area contributed by atoms with Crippen molar-refractivity contribution in [2.75, 3.05) is 0 Å². The van der Waals surface area contributed by atoms with E-state index in [1.807, 2.05) is 12.1 Å². The normalized spacial score (nSPS) is 15.6. The molecular formula is C47H31N3O2. The lowest BCUT2D eigenvalue weighted by atomic mass is 9.89. The largest absolute Gasteiger partial charge is 0.456 e. The predicted molar refractivity (Wildman–Crippen MR) is 211 cm³/mol. The third kappa shape index (κ3) is 4.66. The van der Waals surface area contributed by atoms with Crippen LogP contribution in [0.1, 0.15) is 41.5 Å². The first-order valence-electron chi connectivity index (χ1n) is 17.9. The Kier molecular flexibility index (Phi) is 6.44. The molecule has 11 rings (SSSR count). The van der Waals surface area contributed by atoms with Gasteiger partial charge in [-0.05, 0) is 77.1 Å². The molecule has 52 heavy (non-hydrogen) atoms. The van der Waals surface area contributed by atoms with Crippen molar-refractivity contribution in [1.29, 1.82) is 0 Å². The number of hydrogen-bond acceptors (Lipinski definition) is 5. The minimum atomic E-state index is 0.0168. The fraction of sp³-hybridized carbons (Fsp3) is 0.0851. The van der Waals surface area contributed by atoms with Crippen LogP contribution in [0.5, 0.6) is 0 Å². The number of furan rings is 2. The molecule has 3 aromatic heterocycles. The monoisotopic (exact) mass is 669 g/mol. The van der Waals surface area contributed by atoms with E-state index < -0.39 is 0 Å². The fourth-order valence-corrected chi connectivity index (χ4v) is 8.07. The van der Waals surface area contributed by atoms with Gasteiger partial charge in [-0.1, -0.05) is 115 Å². The number of allylic oxidation sites excluding steroid dienone is 5. The second-order valence-electron chi connectivity index (χ2n) is 13.8. The highest BCUT2D eigenvalue weighted by Gasteiger charge is 2.24. The highest BCUT2D eigenvalue weighted by atomic mass is 16.3. The van der Waals surface area contributed by atoms with E-state index >= 15 is 0 Å². The number of hydrogen-bond donors (Lipinski definition) is 0. The van der Waals surface area contributed by atoms with Crippen LogP contribution in [0.2, 0.25) is 0 Å². The molecule has 0 spiro atoms. The van der Waals surface area contributed by atoms with Crippen LogP contribution in [0.25, 0.3) is 88.8 Å². The molecule has 1 unspecified atom stereocenters. The first-order chi connectivity index (χ1) is 25.7. The van der Waals surface area contributed by atoms with Gasteiger partial charge in [-0.3, -0.25) is 0 Å². The van der Waals surface area contributed by atoms with E-state index in [0.29, 0.717) is 11.6 Å². The Bertz CT molecular complexity index is 3010. The summed E-state index contributed by atoms with van der Waals surface area (Å²) in [6.07, 6.45) is 13.8. The quantitative estimate of drug-likeness (QED) is 0.187. The Morgan fingerprint density at radius 3 is 2.33 bits per heavy atom. The molecule has 0 saturated carbocycles. The Morgan fingerprint density at radius 1 is 0.577 bits per heavy atom. The molecule has 0 radical (unpaired) electrons. The molecule has 2 aliphatic rings. The van der Waals surface area contributed by atoms with Crippen LogP contribution in [0.15, 0.2) is 148 Å².